The van der Waals surface area contributed by atoms with E-state index in [1.165, 1.54) is 12.1 Å². The lowest BCUT2D eigenvalue weighted by molar-refractivity contribution is 0.0938. The van der Waals surface area contributed by atoms with E-state index < -0.39 is 0 Å². The average molecular weight is 368 g/mol. The highest BCUT2D eigenvalue weighted by atomic mass is 19.1. The second kappa shape index (κ2) is 8.31. The summed E-state index contributed by atoms with van der Waals surface area (Å²) in [6.07, 6.45) is 4.60. The predicted octanol–water partition coefficient (Wildman–Crippen LogP) is 3.60. The first-order valence-electron chi connectivity index (χ1n) is 9.25. The van der Waals surface area contributed by atoms with Gasteiger partial charge in [0, 0.05) is 30.5 Å². The average Bonchev–Trinajstić information content (AvgIpc) is 3.11. The number of halogens is 1. The van der Waals surface area contributed by atoms with E-state index >= 15 is 0 Å². The fourth-order valence-electron chi connectivity index (χ4n) is 3.07. The summed E-state index contributed by atoms with van der Waals surface area (Å²) in [6, 6.07) is 10.1. The van der Waals surface area contributed by atoms with Gasteiger partial charge in [-0.15, -0.1) is 0 Å². The number of pyridine rings is 1. The van der Waals surface area contributed by atoms with Crippen LogP contribution >= 0.6 is 0 Å². The molecular formula is C21H25FN4O. The molecule has 1 N–H and O–H groups in total. The number of imidazole rings is 1. The van der Waals surface area contributed by atoms with E-state index in [2.05, 4.69) is 36.1 Å². The summed E-state index contributed by atoms with van der Waals surface area (Å²) in [7, 11) is 2.06. The summed E-state index contributed by atoms with van der Waals surface area (Å²) in [5.41, 5.74) is 2.89. The molecule has 27 heavy (non-hydrogen) atoms. The molecule has 2 heterocycles. The topological polar surface area (TPSA) is 49.6 Å². The minimum atomic E-state index is -0.277. The van der Waals surface area contributed by atoms with Crippen LogP contribution < -0.4 is 5.32 Å². The lowest BCUT2D eigenvalue weighted by Crippen LogP contribution is -2.41. The molecule has 0 saturated heterocycles. The van der Waals surface area contributed by atoms with Crippen molar-refractivity contribution in [2.75, 3.05) is 20.1 Å². The Morgan fingerprint density at radius 3 is 2.59 bits per heavy atom. The quantitative estimate of drug-likeness (QED) is 0.693. The van der Waals surface area contributed by atoms with Crippen molar-refractivity contribution in [3.63, 3.8) is 0 Å². The van der Waals surface area contributed by atoms with Crippen molar-refractivity contribution in [3.8, 4) is 11.3 Å². The molecule has 1 atom stereocenters. The van der Waals surface area contributed by atoms with E-state index in [4.69, 9.17) is 0 Å². The number of hydrogen-bond donors (Lipinski definition) is 1. The number of amides is 1. The normalized spacial score (nSPS) is 12.5. The minimum Gasteiger partial charge on any atom is -0.350 e. The molecule has 5 nitrogen and oxygen atoms in total. The molecule has 0 aliphatic carbocycles. The van der Waals surface area contributed by atoms with Gasteiger partial charge in [-0.3, -0.25) is 4.79 Å². The van der Waals surface area contributed by atoms with Gasteiger partial charge in [-0.25, -0.2) is 9.37 Å². The standard InChI is InChI=1S/C21H25FN4O/c1-4-18(25(3)5-2)12-23-21(27)16-8-11-20-24-19(14-26(20)13-16)15-6-9-17(22)10-7-15/h6-11,13-14,18H,4-5,12H2,1-3H3,(H,23,27). The van der Waals surface area contributed by atoms with Gasteiger partial charge in [0.1, 0.15) is 11.5 Å². The van der Waals surface area contributed by atoms with Gasteiger partial charge < -0.3 is 14.6 Å². The number of hydrogen-bond acceptors (Lipinski definition) is 3. The molecule has 1 aromatic carbocycles. The molecule has 0 fully saturated rings. The van der Waals surface area contributed by atoms with Crippen LogP contribution in [0.1, 0.15) is 30.6 Å². The molecule has 1 unspecified atom stereocenters. The van der Waals surface area contributed by atoms with Crippen LogP contribution in [-0.4, -0.2) is 46.4 Å². The highest BCUT2D eigenvalue weighted by Gasteiger charge is 2.14. The Labute approximate surface area is 158 Å². The van der Waals surface area contributed by atoms with Gasteiger partial charge in [0.15, 0.2) is 0 Å². The maximum absolute atomic E-state index is 13.1. The smallest absolute Gasteiger partial charge is 0.252 e. The van der Waals surface area contributed by atoms with E-state index in [0.29, 0.717) is 18.2 Å². The van der Waals surface area contributed by atoms with Crippen molar-refractivity contribution in [2.24, 2.45) is 0 Å². The van der Waals surface area contributed by atoms with Crippen LogP contribution in [0, 0.1) is 5.82 Å². The first-order valence-corrected chi connectivity index (χ1v) is 9.25. The Balaban J connectivity index is 1.76. The maximum Gasteiger partial charge on any atom is 0.252 e. The fourth-order valence-corrected chi connectivity index (χ4v) is 3.07. The van der Waals surface area contributed by atoms with Gasteiger partial charge in [-0.05, 0) is 56.4 Å². The molecule has 0 radical (unpaired) electrons. The van der Waals surface area contributed by atoms with E-state index in [1.807, 2.05) is 16.7 Å². The Bertz CT molecular complexity index is 920. The molecule has 3 aromatic rings. The molecule has 142 valence electrons. The maximum atomic E-state index is 13.1. The molecule has 1 amide bonds. The van der Waals surface area contributed by atoms with Crippen molar-refractivity contribution in [2.45, 2.75) is 26.3 Å². The molecule has 0 spiro atoms. The monoisotopic (exact) mass is 368 g/mol. The predicted molar refractivity (Wildman–Crippen MR) is 105 cm³/mol. The van der Waals surface area contributed by atoms with Crippen molar-refractivity contribution < 1.29 is 9.18 Å². The van der Waals surface area contributed by atoms with Crippen LogP contribution in [0.4, 0.5) is 4.39 Å². The van der Waals surface area contributed by atoms with Crippen molar-refractivity contribution in [1.29, 1.82) is 0 Å². The zero-order valence-corrected chi connectivity index (χ0v) is 15.9. The van der Waals surface area contributed by atoms with E-state index in [1.54, 1.807) is 24.4 Å². The number of nitrogens with one attached hydrogen (secondary N) is 1. The molecular weight excluding hydrogens is 343 g/mol. The SMILES string of the molecule is CCC(CNC(=O)c1ccc2nc(-c3ccc(F)cc3)cn2c1)N(C)CC. The van der Waals surface area contributed by atoms with Crippen LogP contribution in [0.15, 0.2) is 48.8 Å². The minimum absolute atomic E-state index is 0.100. The van der Waals surface area contributed by atoms with Crippen LogP contribution in [0.2, 0.25) is 0 Å². The van der Waals surface area contributed by atoms with Gasteiger partial charge >= 0.3 is 0 Å². The number of benzene rings is 1. The highest BCUT2D eigenvalue weighted by Crippen LogP contribution is 2.20. The van der Waals surface area contributed by atoms with Gasteiger partial charge in [0.05, 0.1) is 11.3 Å². The number of nitrogens with zero attached hydrogens (tertiary/aromatic N) is 3. The molecule has 2 aromatic heterocycles. The molecule has 6 heteroatoms. The van der Waals surface area contributed by atoms with Crippen molar-refractivity contribution in [1.82, 2.24) is 19.6 Å². The number of likely N-dealkylation sites (N-methyl/N-ethyl adjacent to an activating group) is 1. The number of carbonyl (C=O) groups is 1. The summed E-state index contributed by atoms with van der Waals surface area (Å²) in [6.45, 7) is 5.79. The molecule has 0 saturated carbocycles. The highest BCUT2D eigenvalue weighted by molar-refractivity contribution is 5.94. The Kier molecular flexibility index (Phi) is 5.86. The van der Waals surface area contributed by atoms with E-state index in [9.17, 15) is 9.18 Å². The number of rotatable bonds is 7. The second-order valence-electron chi connectivity index (χ2n) is 6.66. The zero-order valence-electron chi connectivity index (χ0n) is 15.9. The molecule has 0 aliphatic rings. The summed E-state index contributed by atoms with van der Waals surface area (Å²) >= 11 is 0. The second-order valence-corrected chi connectivity index (χ2v) is 6.66. The fraction of sp³-hybridized carbons (Fsp3) is 0.333. The first-order chi connectivity index (χ1) is 13.0. The lowest BCUT2D eigenvalue weighted by Gasteiger charge is -2.25. The number of carbonyl (C=O) groups excluding carboxylic acids is 1. The third-order valence-electron chi connectivity index (χ3n) is 4.94. The zero-order chi connectivity index (χ0) is 19.4. The van der Waals surface area contributed by atoms with Crippen LogP contribution in [-0.2, 0) is 0 Å². The van der Waals surface area contributed by atoms with Gasteiger partial charge in [-0.2, -0.15) is 0 Å². The lowest BCUT2D eigenvalue weighted by atomic mass is 10.2. The van der Waals surface area contributed by atoms with Gasteiger partial charge in [0.2, 0.25) is 0 Å². The van der Waals surface area contributed by atoms with Crippen molar-refractivity contribution >= 4 is 11.6 Å². The third kappa shape index (κ3) is 4.34. The summed E-state index contributed by atoms with van der Waals surface area (Å²) in [5, 5.41) is 3.02. The third-order valence-corrected chi connectivity index (χ3v) is 4.94. The summed E-state index contributed by atoms with van der Waals surface area (Å²) in [5.74, 6) is -0.377. The summed E-state index contributed by atoms with van der Waals surface area (Å²) < 4.78 is 14.9. The number of fused-ring (bicyclic) bond motifs is 1. The Hall–Kier alpha value is -2.73. The molecule has 0 aliphatic heterocycles. The number of aromatic nitrogens is 2. The van der Waals surface area contributed by atoms with Crippen LogP contribution in [0.3, 0.4) is 0 Å². The molecule has 3 rings (SSSR count). The molecule has 0 bridgehead atoms. The van der Waals surface area contributed by atoms with Crippen molar-refractivity contribution in [3.05, 3.63) is 60.2 Å². The Morgan fingerprint density at radius 1 is 1.19 bits per heavy atom. The van der Waals surface area contributed by atoms with Crippen LogP contribution in [0.25, 0.3) is 16.9 Å². The van der Waals surface area contributed by atoms with E-state index in [-0.39, 0.29) is 11.7 Å². The van der Waals surface area contributed by atoms with Gasteiger partial charge in [-0.1, -0.05) is 13.8 Å². The Morgan fingerprint density at radius 2 is 1.93 bits per heavy atom. The van der Waals surface area contributed by atoms with Gasteiger partial charge in [0.25, 0.3) is 5.91 Å². The first kappa shape index (κ1) is 19.0. The van der Waals surface area contributed by atoms with Crippen LogP contribution in [0.5, 0.6) is 0 Å². The summed E-state index contributed by atoms with van der Waals surface area (Å²) in [4.78, 5) is 19.3. The largest absolute Gasteiger partial charge is 0.350 e. The van der Waals surface area contributed by atoms with E-state index in [0.717, 1.165) is 29.9 Å².